The minimum Gasteiger partial charge on any atom is -0.392 e. The van der Waals surface area contributed by atoms with E-state index in [0.29, 0.717) is 12.3 Å². The highest BCUT2D eigenvalue weighted by Gasteiger charge is 2.72. The number of aliphatic hydroxyl groups excluding tert-OH is 1. The molecule has 5 nitrogen and oxygen atoms in total. The Kier molecular flexibility index (Phi) is 5.24. The van der Waals surface area contributed by atoms with Crippen molar-refractivity contribution in [1.82, 2.24) is 4.31 Å². The summed E-state index contributed by atoms with van der Waals surface area (Å²) in [4.78, 5) is 13.1. The molecule has 0 aromatic heterocycles. The fourth-order valence-corrected chi connectivity index (χ4v) is 8.59. The SMILES string of the molecule is CCCCCCC(O)C(C)C(=O)N1[C@H]2C[C@@H]3CC[C@@]2(CS1(=O)=O)C3(C)C. The van der Waals surface area contributed by atoms with Gasteiger partial charge in [-0.2, -0.15) is 0 Å². The molecule has 3 fully saturated rings. The van der Waals surface area contributed by atoms with Crippen molar-refractivity contribution < 1.29 is 18.3 Å². The van der Waals surface area contributed by atoms with Crippen molar-refractivity contribution in [1.29, 1.82) is 0 Å². The molecule has 1 spiro atoms. The van der Waals surface area contributed by atoms with Gasteiger partial charge in [-0.15, -0.1) is 0 Å². The van der Waals surface area contributed by atoms with Crippen LogP contribution in [-0.2, 0) is 14.8 Å². The van der Waals surface area contributed by atoms with Crippen molar-refractivity contribution in [2.45, 2.75) is 91.2 Å². The molecule has 1 saturated heterocycles. The highest BCUT2D eigenvalue weighted by molar-refractivity contribution is 7.90. The van der Waals surface area contributed by atoms with Gasteiger partial charge in [0, 0.05) is 5.41 Å². The Balaban J connectivity index is 1.75. The van der Waals surface area contributed by atoms with E-state index in [-0.39, 0.29) is 22.6 Å². The summed E-state index contributed by atoms with van der Waals surface area (Å²) in [6.45, 7) is 8.18. The summed E-state index contributed by atoms with van der Waals surface area (Å²) in [6, 6.07) is -0.205. The Hall–Kier alpha value is -0.620. The van der Waals surface area contributed by atoms with Crippen molar-refractivity contribution >= 4 is 15.9 Å². The smallest absolute Gasteiger partial charge is 0.241 e. The fraction of sp³-hybridized carbons (Fsp3) is 0.950. The molecule has 2 saturated carbocycles. The van der Waals surface area contributed by atoms with E-state index in [1.165, 1.54) is 4.31 Å². The normalized spacial score (nSPS) is 36.1. The standard InChI is InChI=1S/C20H35NO4S/c1-5-6-7-8-9-16(22)14(2)18(23)21-17-12-15-10-11-20(17,19(15,3)4)13-26(21,24)25/h14-17,22H,5-13H2,1-4H3/t14?,15-,16?,17-,20-/m0/s1. The first kappa shape index (κ1) is 20.1. The van der Waals surface area contributed by atoms with E-state index in [9.17, 15) is 18.3 Å². The predicted molar refractivity (Wildman–Crippen MR) is 102 cm³/mol. The Morgan fingerprint density at radius 1 is 1.27 bits per heavy atom. The third-order valence-corrected chi connectivity index (χ3v) is 9.86. The highest BCUT2D eigenvalue weighted by Crippen LogP contribution is 2.70. The Labute approximate surface area is 158 Å². The molecule has 0 aromatic carbocycles. The largest absolute Gasteiger partial charge is 0.392 e. The average molecular weight is 386 g/mol. The summed E-state index contributed by atoms with van der Waals surface area (Å²) in [6.07, 6.45) is 6.71. The molecule has 2 unspecified atom stereocenters. The average Bonchev–Trinajstić information content (AvgIpc) is 3.04. The number of unbranched alkanes of at least 4 members (excludes halogenated alkanes) is 3. The zero-order valence-corrected chi connectivity index (χ0v) is 17.5. The zero-order valence-electron chi connectivity index (χ0n) is 16.7. The van der Waals surface area contributed by atoms with Gasteiger partial charge in [-0.25, -0.2) is 12.7 Å². The van der Waals surface area contributed by atoms with Crippen LogP contribution in [0.4, 0.5) is 0 Å². The maximum atomic E-state index is 13.1. The second kappa shape index (κ2) is 6.77. The van der Waals surface area contributed by atoms with Gasteiger partial charge in [-0.05, 0) is 37.0 Å². The second-order valence-corrected chi connectivity index (χ2v) is 11.3. The zero-order chi connectivity index (χ0) is 19.3. The van der Waals surface area contributed by atoms with Crippen molar-refractivity contribution in [3.8, 4) is 0 Å². The summed E-state index contributed by atoms with van der Waals surface area (Å²) in [5, 5.41) is 10.4. The van der Waals surface area contributed by atoms with Crippen LogP contribution in [0.1, 0.15) is 79.1 Å². The third kappa shape index (κ3) is 2.83. The number of aliphatic hydroxyl groups is 1. The molecule has 0 radical (unpaired) electrons. The van der Waals surface area contributed by atoms with E-state index in [1.54, 1.807) is 6.92 Å². The molecule has 1 heterocycles. The van der Waals surface area contributed by atoms with Gasteiger partial charge in [0.05, 0.1) is 23.8 Å². The third-order valence-electron chi connectivity index (χ3n) is 7.95. The molecule has 2 aliphatic carbocycles. The van der Waals surface area contributed by atoms with E-state index in [1.807, 2.05) is 0 Å². The molecule has 0 aromatic rings. The van der Waals surface area contributed by atoms with Crippen molar-refractivity contribution in [3.63, 3.8) is 0 Å². The van der Waals surface area contributed by atoms with Gasteiger partial charge in [-0.1, -0.05) is 53.4 Å². The first-order valence-corrected chi connectivity index (χ1v) is 11.9. The number of hydrogen-bond donors (Lipinski definition) is 1. The van der Waals surface area contributed by atoms with Crippen LogP contribution < -0.4 is 0 Å². The number of rotatable bonds is 7. The van der Waals surface area contributed by atoms with Gasteiger partial charge in [-0.3, -0.25) is 4.79 Å². The van der Waals surface area contributed by atoms with Gasteiger partial charge >= 0.3 is 0 Å². The molecule has 1 amide bonds. The lowest BCUT2D eigenvalue weighted by Crippen LogP contribution is -2.47. The van der Waals surface area contributed by atoms with Gasteiger partial charge < -0.3 is 5.11 Å². The summed E-state index contributed by atoms with van der Waals surface area (Å²) in [5.41, 5.74) is -0.334. The molecule has 26 heavy (non-hydrogen) atoms. The van der Waals surface area contributed by atoms with Crippen molar-refractivity contribution in [2.75, 3.05) is 5.75 Å². The molecule has 6 heteroatoms. The number of amides is 1. The summed E-state index contributed by atoms with van der Waals surface area (Å²) in [7, 11) is -3.60. The van der Waals surface area contributed by atoms with Crippen LogP contribution in [0.25, 0.3) is 0 Å². The fourth-order valence-electron chi connectivity index (χ4n) is 5.97. The lowest BCUT2D eigenvalue weighted by molar-refractivity contribution is -0.136. The topological polar surface area (TPSA) is 74.7 Å². The predicted octanol–water partition coefficient (Wildman–Crippen LogP) is 3.32. The molecular formula is C20H35NO4S. The van der Waals surface area contributed by atoms with Crippen molar-refractivity contribution in [2.24, 2.45) is 22.7 Å². The first-order valence-electron chi connectivity index (χ1n) is 10.3. The summed E-state index contributed by atoms with van der Waals surface area (Å²) < 4.78 is 27.1. The Morgan fingerprint density at radius 2 is 1.96 bits per heavy atom. The molecular weight excluding hydrogens is 350 g/mol. The number of sulfonamides is 1. The van der Waals surface area contributed by atoms with Crippen LogP contribution in [-0.4, -0.2) is 41.6 Å². The molecule has 2 bridgehead atoms. The van der Waals surface area contributed by atoms with Crippen LogP contribution in [0, 0.1) is 22.7 Å². The minimum atomic E-state index is -3.60. The molecule has 5 atom stereocenters. The molecule has 3 rings (SSSR count). The van der Waals surface area contributed by atoms with E-state index in [0.717, 1.165) is 44.9 Å². The maximum absolute atomic E-state index is 13.1. The van der Waals surface area contributed by atoms with Gasteiger partial charge in [0.2, 0.25) is 15.9 Å². The first-order chi connectivity index (χ1) is 12.1. The van der Waals surface area contributed by atoms with Gasteiger partial charge in [0.15, 0.2) is 0 Å². The monoisotopic (exact) mass is 385 g/mol. The number of carbonyl (C=O) groups is 1. The summed E-state index contributed by atoms with van der Waals surface area (Å²) >= 11 is 0. The van der Waals surface area contributed by atoms with Crippen LogP contribution in [0.15, 0.2) is 0 Å². The minimum absolute atomic E-state index is 0.0399. The van der Waals surface area contributed by atoms with Crippen LogP contribution in [0.2, 0.25) is 0 Å². The number of carbonyl (C=O) groups excluding carboxylic acids is 1. The molecule has 1 N–H and O–H groups in total. The van der Waals surface area contributed by atoms with Crippen LogP contribution in [0.3, 0.4) is 0 Å². The second-order valence-electron chi connectivity index (χ2n) is 9.46. The van der Waals surface area contributed by atoms with E-state index < -0.39 is 28.0 Å². The van der Waals surface area contributed by atoms with Crippen LogP contribution in [0.5, 0.6) is 0 Å². The quantitative estimate of drug-likeness (QED) is 0.682. The molecule has 3 aliphatic rings. The summed E-state index contributed by atoms with van der Waals surface area (Å²) in [5.74, 6) is -0.464. The van der Waals surface area contributed by atoms with E-state index in [4.69, 9.17) is 0 Å². The lowest BCUT2D eigenvalue weighted by Gasteiger charge is -2.37. The maximum Gasteiger partial charge on any atom is 0.241 e. The van der Waals surface area contributed by atoms with E-state index >= 15 is 0 Å². The Bertz CT molecular complexity index is 659. The van der Waals surface area contributed by atoms with Crippen LogP contribution >= 0.6 is 0 Å². The van der Waals surface area contributed by atoms with Gasteiger partial charge in [0.25, 0.3) is 0 Å². The lowest BCUT2D eigenvalue weighted by atomic mass is 9.69. The Morgan fingerprint density at radius 3 is 2.58 bits per heavy atom. The number of fused-ring (bicyclic) bond motifs is 1. The van der Waals surface area contributed by atoms with Crippen molar-refractivity contribution in [3.05, 3.63) is 0 Å². The molecule has 1 aliphatic heterocycles. The number of nitrogens with zero attached hydrogens (tertiary/aromatic N) is 1. The number of hydrogen-bond acceptors (Lipinski definition) is 4. The highest BCUT2D eigenvalue weighted by atomic mass is 32.2. The van der Waals surface area contributed by atoms with Gasteiger partial charge in [0.1, 0.15) is 0 Å². The van der Waals surface area contributed by atoms with E-state index in [2.05, 4.69) is 20.8 Å². The molecule has 150 valence electrons.